The topological polar surface area (TPSA) is 66.4 Å². The van der Waals surface area contributed by atoms with E-state index in [1.54, 1.807) is 12.1 Å². The van der Waals surface area contributed by atoms with Gasteiger partial charge < -0.3 is 10.4 Å². The van der Waals surface area contributed by atoms with E-state index in [0.29, 0.717) is 23.6 Å². The summed E-state index contributed by atoms with van der Waals surface area (Å²) in [4.78, 5) is 24.7. The number of carbonyl (C=O) groups excluding carboxylic acids is 2. The third-order valence-corrected chi connectivity index (χ3v) is 4.84. The number of Topliss-reactive ketones (excluding diaryl/α,β-unsaturated/α-hetero) is 1. The summed E-state index contributed by atoms with van der Waals surface area (Å²) in [6.07, 6.45) is 5.21. The number of amides is 1. The molecule has 2 rings (SSSR count). The Morgan fingerprint density at radius 2 is 1.75 bits per heavy atom. The number of aliphatic hydroxyl groups excluding tert-OH is 1. The second-order valence-corrected chi connectivity index (χ2v) is 7.22. The number of nitrogens with one attached hydrogen (secondary N) is 1. The van der Waals surface area contributed by atoms with E-state index in [0.717, 1.165) is 38.5 Å². The molecule has 0 aliphatic carbocycles. The van der Waals surface area contributed by atoms with Gasteiger partial charge in [0.15, 0.2) is 5.78 Å². The summed E-state index contributed by atoms with van der Waals surface area (Å²) >= 11 is 0. The third kappa shape index (κ3) is 5.75. The highest BCUT2D eigenvalue weighted by atomic mass is 16.3. The molecule has 0 saturated heterocycles. The molecule has 0 spiro atoms. The first kappa shape index (κ1) is 18.7. The summed E-state index contributed by atoms with van der Waals surface area (Å²) in [7, 11) is 0. The maximum absolute atomic E-state index is 12.4. The van der Waals surface area contributed by atoms with Gasteiger partial charge in [-0.1, -0.05) is 45.2 Å². The Hall–Kier alpha value is -1.68. The lowest BCUT2D eigenvalue weighted by molar-refractivity contribution is -0.119. The zero-order chi connectivity index (χ0) is 17.5. The van der Waals surface area contributed by atoms with Crippen molar-refractivity contribution in [2.75, 3.05) is 5.32 Å². The average Bonchev–Trinajstić information content (AvgIpc) is 2.54. The fourth-order valence-corrected chi connectivity index (χ4v) is 3.21. The molecule has 1 amide bonds. The van der Waals surface area contributed by atoms with Crippen LogP contribution in [0.15, 0.2) is 24.3 Å². The Balaban J connectivity index is 2.13. The van der Waals surface area contributed by atoms with Gasteiger partial charge in [-0.3, -0.25) is 9.59 Å². The molecule has 0 aromatic heterocycles. The molecule has 4 nitrogen and oxygen atoms in total. The van der Waals surface area contributed by atoms with Crippen LogP contribution in [-0.4, -0.2) is 22.9 Å². The molecule has 1 aliphatic heterocycles. The molecule has 3 atom stereocenters. The SMILES string of the molecule is CC1CCC[C@@H](O)CCC[C@@H](C)C(=O)Nc2cccc(c2)C(=O)C1. The summed E-state index contributed by atoms with van der Waals surface area (Å²) in [5.41, 5.74) is 1.33. The zero-order valence-electron chi connectivity index (χ0n) is 14.8. The molecular formula is C20H29NO3. The van der Waals surface area contributed by atoms with Crippen molar-refractivity contribution in [3.8, 4) is 0 Å². The van der Waals surface area contributed by atoms with E-state index in [1.165, 1.54) is 0 Å². The number of carbonyl (C=O) groups is 2. The van der Waals surface area contributed by atoms with Crippen molar-refractivity contribution < 1.29 is 14.7 Å². The molecule has 0 fully saturated rings. The van der Waals surface area contributed by atoms with Crippen LogP contribution in [0.4, 0.5) is 5.69 Å². The standard InChI is InChI=1S/C20H29NO3/c1-14-6-3-10-18(22)11-4-7-15(2)20(24)21-17-9-5-8-16(13-17)19(23)12-14/h5,8-9,13-15,18,22H,3-4,6-7,10-12H2,1-2H3,(H,21,24)/t14?,15-,18-/m1/s1. The number of anilines is 1. The van der Waals surface area contributed by atoms with Crippen molar-refractivity contribution in [1.29, 1.82) is 0 Å². The highest BCUT2D eigenvalue weighted by Crippen LogP contribution is 2.21. The summed E-state index contributed by atoms with van der Waals surface area (Å²) < 4.78 is 0. The Morgan fingerprint density at radius 1 is 1.04 bits per heavy atom. The highest BCUT2D eigenvalue weighted by molar-refractivity contribution is 5.98. The molecule has 24 heavy (non-hydrogen) atoms. The van der Waals surface area contributed by atoms with Crippen molar-refractivity contribution in [2.45, 2.75) is 64.9 Å². The van der Waals surface area contributed by atoms with Crippen LogP contribution in [0.5, 0.6) is 0 Å². The van der Waals surface area contributed by atoms with Crippen LogP contribution >= 0.6 is 0 Å². The summed E-state index contributed by atoms with van der Waals surface area (Å²) in [5.74, 6) is 0.272. The van der Waals surface area contributed by atoms with Crippen molar-refractivity contribution in [3.63, 3.8) is 0 Å². The van der Waals surface area contributed by atoms with E-state index in [1.807, 2.05) is 19.1 Å². The first-order chi connectivity index (χ1) is 11.5. The lowest BCUT2D eigenvalue weighted by Crippen LogP contribution is -2.21. The van der Waals surface area contributed by atoms with Crippen molar-refractivity contribution >= 4 is 17.4 Å². The molecule has 1 unspecified atom stereocenters. The first-order valence-electron chi connectivity index (χ1n) is 9.08. The number of ketones is 1. The minimum atomic E-state index is -0.302. The molecule has 0 saturated carbocycles. The maximum atomic E-state index is 12.4. The zero-order valence-corrected chi connectivity index (χ0v) is 14.8. The van der Waals surface area contributed by atoms with Crippen LogP contribution < -0.4 is 5.32 Å². The van der Waals surface area contributed by atoms with E-state index >= 15 is 0 Å². The molecule has 2 bridgehead atoms. The number of fused-ring (bicyclic) bond motifs is 2. The number of rotatable bonds is 0. The molecule has 132 valence electrons. The second kappa shape index (κ2) is 8.97. The molecule has 1 heterocycles. The van der Waals surface area contributed by atoms with Crippen molar-refractivity contribution in [2.24, 2.45) is 11.8 Å². The summed E-state index contributed by atoms with van der Waals surface area (Å²) in [5, 5.41) is 12.9. The van der Waals surface area contributed by atoms with Crippen LogP contribution in [0.3, 0.4) is 0 Å². The van der Waals surface area contributed by atoms with Crippen LogP contribution in [0.2, 0.25) is 0 Å². The highest BCUT2D eigenvalue weighted by Gasteiger charge is 2.17. The molecule has 1 aromatic rings. The molecule has 4 heteroatoms. The van der Waals surface area contributed by atoms with E-state index in [-0.39, 0.29) is 23.7 Å². The fourth-order valence-electron chi connectivity index (χ4n) is 3.21. The molecular weight excluding hydrogens is 302 g/mol. The van der Waals surface area contributed by atoms with Gasteiger partial charge in [-0.2, -0.15) is 0 Å². The lowest BCUT2D eigenvalue weighted by Gasteiger charge is -2.17. The minimum absolute atomic E-state index is 0.0328. The first-order valence-corrected chi connectivity index (χ1v) is 9.08. The molecule has 1 aromatic carbocycles. The van der Waals surface area contributed by atoms with Crippen LogP contribution in [0.25, 0.3) is 0 Å². The van der Waals surface area contributed by atoms with Crippen molar-refractivity contribution in [1.82, 2.24) is 0 Å². The van der Waals surface area contributed by atoms with Gasteiger partial charge in [0.2, 0.25) is 5.91 Å². The Kier molecular flexibility index (Phi) is 6.98. The van der Waals surface area contributed by atoms with Gasteiger partial charge >= 0.3 is 0 Å². The summed E-state index contributed by atoms with van der Waals surface area (Å²) in [6, 6.07) is 7.21. The lowest BCUT2D eigenvalue weighted by atomic mass is 9.93. The van der Waals surface area contributed by atoms with E-state index in [2.05, 4.69) is 12.2 Å². The van der Waals surface area contributed by atoms with Gasteiger partial charge in [0.25, 0.3) is 0 Å². The monoisotopic (exact) mass is 331 g/mol. The van der Waals surface area contributed by atoms with E-state index in [4.69, 9.17) is 0 Å². The van der Waals surface area contributed by atoms with Gasteiger partial charge in [-0.05, 0) is 37.3 Å². The van der Waals surface area contributed by atoms with Gasteiger partial charge in [-0.25, -0.2) is 0 Å². The Bertz CT molecular complexity index is 570. The van der Waals surface area contributed by atoms with Gasteiger partial charge in [0.1, 0.15) is 0 Å². The number of hydrogen-bond donors (Lipinski definition) is 2. The van der Waals surface area contributed by atoms with Crippen molar-refractivity contribution in [3.05, 3.63) is 29.8 Å². The number of aliphatic hydroxyl groups is 1. The van der Waals surface area contributed by atoms with Crippen LogP contribution in [0.1, 0.15) is 69.2 Å². The third-order valence-electron chi connectivity index (χ3n) is 4.84. The number of benzene rings is 1. The Labute approximate surface area is 144 Å². The van der Waals surface area contributed by atoms with E-state index < -0.39 is 0 Å². The molecule has 0 radical (unpaired) electrons. The normalized spacial score (nSPS) is 27.5. The maximum Gasteiger partial charge on any atom is 0.227 e. The van der Waals surface area contributed by atoms with Gasteiger partial charge in [0.05, 0.1) is 6.10 Å². The van der Waals surface area contributed by atoms with Crippen LogP contribution in [-0.2, 0) is 4.79 Å². The Morgan fingerprint density at radius 3 is 2.50 bits per heavy atom. The van der Waals surface area contributed by atoms with Crippen LogP contribution in [0, 0.1) is 11.8 Å². The van der Waals surface area contributed by atoms with E-state index in [9.17, 15) is 14.7 Å². The van der Waals surface area contributed by atoms with Gasteiger partial charge in [-0.15, -0.1) is 0 Å². The summed E-state index contributed by atoms with van der Waals surface area (Å²) in [6.45, 7) is 3.99. The molecule has 2 N–H and O–H groups in total. The predicted octanol–water partition coefficient (Wildman–Crippen LogP) is 4.19. The average molecular weight is 331 g/mol. The quantitative estimate of drug-likeness (QED) is 0.749. The van der Waals surface area contributed by atoms with Gasteiger partial charge in [0, 0.05) is 23.6 Å². The number of hydrogen-bond acceptors (Lipinski definition) is 3. The fraction of sp³-hybridized carbons (Fsp3) is 0.600. The molecule has 1 aliphatic rings. The largest absolute Gasteiger partial charge is 0.393 e. The second-order valence-electron chi connectivity index (χ2n) is 7.22. The minimum Gasteiger partial charge on any atom is -0.393 e. The smallest absolute Gasteiger partial charge is 0.227 e. The predicted molar refractivity (Wildman–Crippen MR) is 96.1 cm³/mol.